The van der Waals surface area contributed by atoms with Gasteiger partial charge in [-0.25, -0.2) is 4.39 Å². The van der Waals surface area contributed by atoms with Crippen LogP contribution in [0.15, 0.2) is 18.2 Å². The Kier molecular flexibility index (Phi) is 4.53. The summed E-state index contributed by atoms with van der Waals surface area (Å²) in [6.45, 7) is 5.48. The molecule has 0 aliphatic rings. The molecule has 0 saturated heterocycles. The van der Waals surface area contributed by atoms with Gasteiger partial charge in [-0.15, -0.1) is 0 Å². The van der Waals surface area contributed by atoms with Crippen LogP contribution in [0.2, 0.25) is 5.02 Å². The van der Waals surface area contributed by atoms with E-state index in [0.29, 0.717) is 5.56 Å². The Balaban J connectivity index is 2.81. The standard InChI is InChI=1S/C13H18ClFO2/c1-13(2,3)12(17)10(16)7-8-5-4-6-9(15)11(8)14/h4-6,10,12,16-17H,7H2,1-3H3. The Hall–Kier alpha value is -0.640. The molecule has 0 fully saturated rings. The van der Waals surface area contributed by atoms with Crippen molar-refractivity contribution in [2.45, 2.75) is 39.4 Å². The van der Waals surface area contributed by atoms with Crippen LogP contribution in [0, 0.1) is 11.2 Å². The Bertz CT molecular complexity index is 387. The lowest BCUT2D eigenvalue weighted by atomic mass is 9.84. The fraction of sp³-hybridized carbons (Fsp3) is 0.538. The molecule has 0 saturated carbocycles. The maximum Gasteiger partial charge on any atom is 0.142 e. The Morgan fingerprint density at radius 1 is 1.29 bits per heavy atom. The van der Waals surface area contributed by atoms with Crippen LogP contribution < -0.4 is 0 Å². The molecule has 2 nitrogen and oxygen atoms in total. The highest BCUT2D eigenvalue weighted by atomic mass is 35.5. The van der Waals surface area contributed by atoms with Crippen molar-refractivity contribution in [1.82, 2.24) is 0 Å². The van der Waals surface area contributed by atoms with Crippen LogP contribution in [-0.4, -0.2) is 22.4 Å². The summed E-state index contributed by atoms with van der Waals surface area (Å²) < 4.78 is 13.2. The van der Waals surface area contributed by atoms with Crippen molar-refractivity contribution in [3.8, 4) is 0 Å². The van der Waals surface area contributed by atoms with Crippen molar-refractivity contribution in [1.29, 1.82) is 0 Å². The number of rotatable bonds is 3. The van der Waals surface area contributed by atoms with Crippen molar-refractivity contribution in [2.24, 2.45) is 5.41 Å². The molecule has 1 aromatic rings. The molecule has 0 aliphatic carbocycles. The molecule has 0 aliphatic heterocycles. The topological polar surface area (TPSA) is 40.5 Å². The van der Waals surface area contributed by atoms with Gasteiger partial charge < -0.3 is 10.2 Å². The fourth-order valence-electron chi connectivity index (χ4n) is 1.62. The molecule has 0 aromatic heterocycles. The summed E-state index contributed by atoms with van der Waals surface area (Å²) in [5.74, 6) is -0.512. The maximum atomic E-state index is 13.2. The van der Waals surface area contributed by atoms with Gasteiger partial charge in [0.1, 0.15) is 5.82 Å². The lowest BCUT2D eigenvalue weighted by Crippen LogP contribution is -2.38. The van der Waals surface area contributed by atoms with Crippen molar-refractivity contribution < 1.29 is 14.6 Å². The molecule has 0 amide bonds. The van der Waals surface area contributed by atoms with Gasteiger partial charge in [-0.1, -0.05) is 44.5 Å². The van der Waals surface area contributed by atoms with E-state index in [9.17, 15) is 14.6 Å². The van der Waals surface area contributed by atoms with Gasteiger partial charge in [0.15, 0.2) is 0 Å². The average molecular weight is 261 g/mol. The van der Waals surface area contributed by atoms with E-state index in [2.05, 4.69) is 0 Å². The molecule has 17 heavy (non-hydrogen) atoms. The number of aliphatic hydroxyl groups is 2. The SMILES string of the molecule is CC(C)(C)C(O)C(O)Cc1cccc(F)c1Cl. The third-order valence-corrected chi connectivity index (χ3v) is 3.14. The monoisotopic (exact) mass is 260 g/mol. The summed E-state index contributed by atoms with van der Waals surface area (Å²) in [5.41, 5.74) is 0.0710. The first-order valence-corrected chi connectivity index (χ1v) is 5.90. The van der Waals surface area contributed by atoms with E-state index in [1.54, 1.807) is 6.07 Å². The quantitative estimate of drug-likeness (QED) is 0.877. The van der Waals surface area contributed by atoms with Crippen LogP contribution >= 0.6 is 11.6 Å². The minimum Gasteiger partial charge on any atom is -0.390 e. The van der Waals surface area contributed by atoms with Crippen molar-refractivity contribution >= 4 is 11.6 Å². The second-order valence-electron chi connectivity index (χ2n) is 5.30. The Morgan fingerprint density at radius 2 is 1.88 bits per heavy atom. The van der Waals surface area contributed by atoms with E-state index in [1.165, 1.54) is 12.1 Å². The number of benzene rings is 1. The minimum absolute atomic E-state index is 0.00709. The molecule has 0 radical (unpaired) electrons. The van der Waals surface area contributed by atoms with Gasteiger partial charge in [0, 0.05) is 6.42 Å². The van der Waals surface area contributed by atoms with E-state index in [4.69, 9.17) is 11.6 Å². The Morgan fingerprint density at radius 3 is 2.41 bits per heavy atom. The molecule has 0 bridgehead atoms. The van der Waals surface area contributed by atoms with Crippen LogP contribution in [0.4, 0.5) is 4.39 Å². The van der Waals surface area contributed by atoms with Gasteiger partial charge in [-0.05, 0) is 17.0 Å². The molecule has 0 spiro atoms. The molecule has 96 valence electrons. The Labute approximate surface area is 106 Å². The summed E-state index contributed by atoms with van der Waals surface area (Å²) in [6.07, 6.45) is -1.72. The first kappa shape index (κ1) is 14.4. The number of hydrogen-bond acceptors (Lipinski definition) is 2. The summed E-state index contributed by atoms with van der Waals surface area (Å²) in [5, 5.41) is 19.8. The molecular weight excluding hydrogens is 243 g/mol. The summed E-state index contributed by atoms with van der Waals surface area (Å²) in [7, 11) is 0. The molecular formula is C13H18ClFO2. The first-order chi connectivity index (χ1) is 7.73. The molecule has 1 rings (SSSR count). The molecule has 2 N–H and O–H groups in total. The summed E-state index contributed by atoms with van der Waals surface area (Å²) in [4.78, 5) is 0. The third kappa shape index (κ3) is 3.66. The number of aliphatic hydroxyl groups excluding tert-OH is 2. The van der Waals surface area contributed by atoms with Crippen LogP contribution in [-0.2, 0) is 6.42 Å². The molecule has 2 unspecified atom stereocenters. The number of halogens is 2. The lowest BCUT2D eigenvalue weighted by molar-refractivity contribution is -0.0434. The zero-order chi connectivity index (χ0) is 13.2. The van der Waals surface area contributed by atoms with Crippen molar-refractivity contribution in [3.63, 3.8) is 0 Å². The van der Waals surface area contributed by atoms with E-state index >= 15 is 0 Å². The highest BCUT2D eigenvalue weighted by Crippen LogP contribution is 2.26. The van der Waals surface area contributed by atoms with Crippen molar-refractivity contribution in [2.75, 3.05) is 0 Å². The fourth-order valence-corrected chi connectivity index (χ4v) is 1.82. The van der Waals surface area contributed by atoms with Gasteiger partial charge in [0.2, 0.25) is 0 Å². The van der Waals surface area contributed by atoms with Gasteiger partial charge in [-0.2, -0.15) is 0 Å². The predicted octanol–water partition coefficient (Wildman–Crippen LogP) is 2.79. The first-order valence-electron chi connectivity index (χ1n) is 5.52. The van der Waals surface area contributed by atoms with Gasteiger partial charge >= 0.3 is 0 Å². The second-order valence-corrected chi connectivity index (χ2v) is 5.67. The summed E-state index contributed by atoms with van der Waals surface area (Å²) in [6, 6.07) is 4.44. The van der Waals surface area contributed by atoms with Gasteiger partial charge in [-0.3, -0.25) is 0 Å². The highest BCUT2D eigenvalue weighted by molar-refractivity contribution is 6.31. The van der Waals surface area contributed by atoms with Crippen LogP contribution in [0.5, 0.6) is 0 Å². The van der Waals surface area contributed by atoms with E-state index in [-0.39, 0.29) is 11.4 Å². The largest absolute Gasteiger partial charge is 0.390 e. The third-order valence-electron chi connectivity index (χ3n) is 2.71. The van der Waals surface area contributed by atoms with Crippen LogP contribution in [0.25, 0.3) is 0 Å². The normalized spacial score (nSPS) is 15.7. The zero-order valence-corrected chi connectivity index (χ0v) is 11.0. The minimum atomic E-state index is -0.964. The smallest absolute Gasteiger partial charge is 0.142 e. The van der Waals surface area contributed by atoms with Gasteiger partial charge in [0.25, 0.3) is 0 Å². The lowest BCUT2D eigenvalue weighted by Gasteiger charge is -2.30. The molecule has 0 heterocycles. The zero-order valence-electron chi connectivity index (χ0n) is 10.2. The van der Waals surface area contributed by atoms with E-state index < -0.39 is 23.4 Å². The molecule has 4 heteroatoms. The number of hydrogen-bond donors (Lipinski definition) is 2. The van der Waals surface area contributed by atoms with E-state index in [1.807, 2.05) is 20.8 Å². The van der Waals surface area contributed by atoms with Crippen molar-refractivity contribution in [3.05, 3.63) is 34.6 Å². The second kappa shape index (κ2) is 5.34. The summed E-state index contributed by atoms with van der Waals surface area (Å²) >= 11 is 5.79. The van der Waals surface area contributed by atoms with E-state index in [0.717, 1.165) is 0 Å². The predicted molar refractivity (Wildman–Crippen MR) is 66.6 cm³/mol. The molecule has 2 atom stereocenters. The van der Waals surface area contributed by atoms with Crippen LogP contribution in [0.1, 0.15) is 26.3 Å². The van der Waals surface area contributed by atoms with Gasteiger partial charge in [0.05, 0.1) is 17.2 Å². The highest BCUT2D eigenvalue weighted by Gasteiger charge is 2.29. The maximum absolute atomic E-state index is 13.2. The average Bonchev–Trinajstić information content (AvgIpc) is 2.22. The molecule has 1 aromatic carbocycles. The van der Waals surface area contributed by atoms with Crippen LogP contribution in [0.3, 0.4) is 0 Å².